The van der Waals surface area contributed by atoms with Crippen LogP contribution >= 0.6 is 11.8 Å². The molecule has 1 fully saturated rings. The molecule has 28 heavy (non-hydrogen) atoms. The topological polar surface area (TPSA) is 66.8 Å². The van der Waals surface area contributed by atoms with E-state index in [1.807, 2.05) is 53.7 Å². The van der Waals surface area contributed by atoms with Crippen LogP contribution in [0, 0.1) is 0 Å². The monoisotopic (exact) mass is 405 g/mol. The average Bonchev–Trinajstić information content (AvgIpc) is 2.81. The van der Waals surface area contributed by atoms with Crippen LogP contribution in [-0.4, -0.2) is 41.4 Å². The van der Waals surface area contributed by atoms with Crippen LogP contribution in [0.15, 0.2) is 17.0 Å². The van der Waals surface area contributed by atoms with Gasteiger partial charge in [-0.2, -0.15) is 0 Å². The van der Waals surface area contributed by atoms with Gasteiger partial charge in [0.05, 0.1) is 4.91 Å². The highest BCUT2D eigenvalue weighted by Gasteiger charge is 2.35. The summed E-state index contributed by atoms with van der Waals surface area (Å²) in [5, 5.41) is 10.6. The number of aromatic hydroxyl groups is 1. The van der Waals surface area contributed by atoms with Gasteiger partial charge in [-0.15, -0.1) is 0 Å². The summed E-state index contributed by atoms with van der Waals surface area (Å²) in [7, 11) is 1.60. The van der Waals surface area contributed by atoms with E-state index in [0.717, 1.165) is 28.5 Å². The van der Waals surface area contributed by atoms with Crippen molar-refractivity contribution in [1.29, 1.82) is 0 Å². The molecule has 1 aliphatic heterocycles. The molecule has 1 N–H and O–H groups in total. The van der Waals surface area contributed by atoms with Crippen molar-refractivity contribution in [2.75, 3.05) is 20.3 Å². The number of methoxy groups -OCH3 is 1. The van der Waals surface area contributed by atoms with Gasteiger partial charge in [0.25, 0.3) is 11.1 Å². The lowest BCUT2D eigenvalue weighted by Crippen LogP contribution is -2.29. The van der Waals surface area contributed by atoms with Crippen molar-refractivity contribution >= 4 is 29.0 Å². The lowest BCUT2D eigenvalue weighted by atomic mass is 9.78. The van der Waals surface area contributed by atoms with E-state index in [1.165, 1.54) is 4.90 Å². The third-order valence-corrected chi connectivity index (χ3v) is 5.56. The van der Waals surface area contributed by atoms with Crippen molar-refractivity contribution < 1.29 is 19.4 Å². The summed E-state index contributed by atoms with van der Waals surface area (Å²) in [6.07, 6.45) is 2.37. The normalized spacial score (nSPS) is 17.1. The van der Waals surface area contributed by atoms with Crippen LogP contribution in [0.25, 0.3) is 6.08 Å². The largest absolute Gasteiger partial charge is 0.507 e. The van der Waals surface area contributed by atoms with Gasteiger partial charge in [-0.1, -0.05) is 41.5 Å². The molecule has 1 heterocycles. The fraction of sp³-hybridized carbons (Fsp3) is 0.545. The highest BCUT2D eigenvalue weighted by Crippen LogP contribution is 2.41. The molecule has 154 valence electrons. The zero-order valence-corrected chi connectivity index (χ0v) is 18.7. The molecule has 0 bridgehead atoms. The van der Waals surface area contributed by atoms with Gasteiger partial charge >= 0.3 is 0 Å². The van der Waals surface area contributed by atoms with E-state index in [0.29, 0.717) is 30.2 Å². The molecule has 6 heteroatoms. The van der Waals surface area contributed by atoms with Gasteiger partial charge in [0.2, 0.25) is 0 Å². The highest BCUT2D eigenvalue weighted by atomic mass is 32.2. The predicted molar refractivity (Wildman–Crippen MR) is 115 cm³/mol. The average molecular weight is 406 g/mol. The Morgan fingerprint density at radius 1 is 1.07 bits per heavy atom. The summed E-state index contributed by atoms with van der Waals surface area (Å²) < 4.78 is 5.00. The molecule has 1 aromatic carbocycles. The second kappa shape index (κ2) is 8.29. The molecule has 5 nitrogen and oxygen atoms in total. The first kappa shape index (κ1) is 22.5. The standard InChI is InChI=1S/C22H31NO4S/c1-21(2,3)15-11-14(12-16(18(15)24)22(4,5)6)13-17-19(25)23(20(26)28-17)9-8-10-27-7/h11-13,24H,8-10H2,1-7H3/b17-13+. The summed E-state index contributed by atoms with van der Waals surface area (Å²) in [6.45, 7) is 13.1. The Morgan fingerprint density at radius 3 is 2.07 bits per heavy atom. The third-order valence-electron chi connectivity index (χ3n) is 4.65. The SMILES string of the molecule is COCCCN1C(=O)S/C(=C/c2cc(C(C)(C)C)c(O)c(C(C)(C)C)c2)C1=O. The van der Waals surface area contributed by atoms with Crippen molar-refractivity contribution in [2.45, 2.75) is 58.8 Å². The van der Waals surface area contributed by atoms with Gasteiger partial charge in [-0.05, 0) is 52.8 Å². The zero-order chi connectivity index (χ0) is 21.3. The molecule has 1 saturated heterocycles. The minimum absolute atomic E-state index is 0.252. The number of amides is 2. The molecule has 0 saturated carbocycles. The number of rotatable bonds is 5. The minimum atomic E-state index is -0.270. The second-order valence-electron chi connectivity index (χ2n) is 9.14. The van der Waals surface area contributed by atoms with E-state index >= 15 is 0 Å². The smallest absolute Gasteiger partial charge is 0.293 e. The van der Waals surface area contributed by atoms with Gasteiger partial charge < -0.3 is 9.84 Å². The molecule has 1 aliphatic rings. The van der Waals surface area contributed by atoms with Gasteiger partial charge in [0, 0.05) is 31.4 Å². The number of phenolic OH excluding ortho intramolecular Hbond substituents is 1. The second-order valence-corrected chi connectivity index (χ2v) is 10.1. The van der Waals surface area contributed by atoms with Crippen LogP contribution < -0.4 is 0 Å². The molecular weight excluding hydrogens is 374 g/mol. The summed E-state index contributed by atoms with van der Waals surface area (Å²) in [5.74, 6) is 0.0265. The van der Waals surface area contributed by atoms with E-state index in [9.17, 15) is 14.7 Å². The summed E-state index contributed by atoms with van der Waals surface area (Å²) in [4.78, 5) is 26.6. The lowest BCUT2D eigenvalue weighted by Gasteiger charge is -2.28. The maximum atomic E-state index is 12.7. The number of ether oxygens (including phenoxy) is 1. The Kier molecular flexibility index (Phi) is 6.66. The molecular formula is C22H31NO4S. The van der Waals surface area contributed by atoms with Crippen LogP contribution in [0.2, 0.25) is 0 Å². The Morgan fingerprint density at radius 2 is 1.61 bits per heavy atom. The number of imide groups is 1. The van der Waals surface area contributed by atoms with Gasteiger partial charge in [-0.3, -0.25) is 14.5 Å². The number of hydrogen-bond donors (Lipinski definition) is 1. The quantitative estimate of drug-likeness (QED) is 0.548. The lowest BCUT2D eigenvalue weighted by molar-refractivity contribution is -0.122. The van der Waals surface area contributed by atoms with Gasteiger partial charge in [-0.25, -0.2) is 0 Å². The van der Waals surface area contributed by atoms with E-state index in [4.69, 9.17) is 4.74 Å². The van der Waals surface area contributed by atoms with Crippen LogP contribution in [0.1, 0.15) is 64.7 Å². The van der Waals surface area contributed by atoms with Gasteiger partial charge in [0.15, 0.2) is 0 Å². The highest BCUT2D eigenvalue weighted by molar-refractivity contribution is 8.18. The number of thioether (sulfide) groups is 1. The van der Waals surface area contributed by atoms with E-state index < -0.39 is 0 Å². The zero-order valence-electron chi connectivity index (χ0n) is 17.9. The first-order chi connectivity index (χ1) is 12.9. The van der Waals surface area contributed by atoms with E-state index in [1.54, 1.807) is 13.2 Å². The molecule has 0 atom stereocenters. The molecule has 0 aromatic heterocycles. The first-order valence-electron chi connectivity index (χ1n) is 9.48. The molecule has 0 aliphatic carbocycles. The van der Waals surface area contributed by atoms with Crippen LogP contribution in [0.4, 0.5) is 4.79 Å². The molecule has 0 radical (unpaired) electrons. The number of carbonyl (C=O) groups excluding carboxylic acids is 2. The van der Waals surface area contributed by atoms with E-state index in [2.05, 4.69) is 0 Å². The Bertz CT molecular complexity index is 765. The summed E-state index contributed by atoms with van der Waals surface area (Å²) in [5.41, 5.74) is 1.95. The van der Waals surface area contributed by atoms with Crippen LogP contribution in [0.5, 0.6) is 5.75 Å². The van der Waals surface area contributed by atoms with Crippen molar-refractivity contribution in [3.63, 3.8) is 0 Å². The molecule has 2 rings (SSSR count). The molecule has 1 aromatic rings. The summed E-state index contributed by atoms with van der Waals surface area (Å²) in [6, 6.07) is 3.81. The third kappa shape index (κ3) is 4.97. The number of hydrogen-bond acceptors (Lipinski definition) is 5. The fourth-order valence-electron chi connectivity index (χ4n) is 3.09. The first-order valence-corrected chi connectivity index (χ1v) is 10.3. The number of nitrogens with zero attached hydrogens (tertiary/aromatic N) is 1. The Labute approximate surface area is 172 Å². The predicted octanol–water partition coefficient (Wildman–Crippen LogP) is 5.06. The van der Waals surface area contributed by atoms with Gasteiger partial charge in [0.1, 0.15) is 5.75 Å². The number of carbonyl (C=O) groups is 2. The van der Waals surface area contributed by atoms with Crippen molar-refractivity contribution in [3.8, 4) is 5.75 Å². The van der Waals surface area contributed by atoms with Crippen molar-refractivity contribution in [1.82, 2.24) is 4.90 Å². The van der Waals surface area contributed by atoms with E-state index in [-0.39, 0.29) is 22.0 Å². The maximum Gasteiger partial charge on any atom is 0.293 e. The summed E-state index contributed by atoms with van der Waals surface area (Å²) >= 11 is 0.961. The van der Waals surface area contributed by atoms with Crippen molar-refractivity contribution in [3.05, 3.63) is 33.7 Å². The van der Waals surface area contributed by atoms with Crippen LogP contribution in [-0.2, 0) is 20.4 Å². The van der Waals surface area contributed by atoms with Crippen LogP contribution in [0.3, 0.4) is 0 Å². The van der Waals surface area contributed by atoms with Crippen molar-refractivity contribution in [2.24, 2.45) is 0 Å². The fourth-order valence-corrected chi connectivity index (χ4v) is 3.96. The molecule has 0 spiro atoms. The Hall–Kier alpha value is -1.79. The Balaban J connectivity index is 2.45. The molecule has 0 unspecified atom stereocenters. The molecule has 2 amide bonds. The number of phenols is 1. The number of benzene rings is 1. The minimum Gasteiger partial charge on any atom is -0.507 e. The maximum absolute atomic E-state index is 12.7.